The highest BCUT2D eigenvalue weighted by molar-refractivity contribution is 5.88. The average molecular weight is 211 g/mol. The maximum absolute atomic E-state index is 11.2. The average Bonchev–Trinajstić information content (AvgIpc) is 2.70. The van der Waals surface area contributed by atoms with E-state index in [1.807, 2.05) is 0 Å². The van der Waals surface area contributed by atoms with Crippen molar-refractivity contribution in [2.45, 2.75) is 25.8 Å². The second-order valence-electron chi connectivity index (χ2n) is 3.03. The van der Waals surface area contributed by atoms with Gasteiger partial charge in [-0.25, -0.2) is 9.78 Å². The molecule has 1 aromatic rings. The number of hydrogen-bond acceptors (Lipinski definition) is 5. The molecule has 3 N–H and O–H groups in total. The van der Waals surface area contributed by atoms with Crippen LogP contribution in [0.2, 0.25) is 0 Å². The van der Waals surface area contributed by atoms with Crippen LogP contribution in [0.3, 0.4) is 0 Å². The molecule has 15 heavy (non-hydrogen) atoms. The van der Waals surface area contributed by atoms with Crippen LogP contribution in [0.25, 0.3) is 0 Å². The summed E-state index contributed by atoms with van der Waals surface area (Å²) < 4.78 is 4.47. The Morgan fingerprint density at radius 2 is 2.40 bits per heavy atom. The lowest BCUT2D eigenvalue weighted by Gasteiger charge is -2.08. The van der Waals surface area contributed by atoms with Gasteiger partial charge in [-0.05, 0) is 0 Å². The molecule has 6 nitrogen and oxygen atoms in total. The largest absolute Gasteiger partial charge is 0.392 e. The lowest BCUT2D eigenvalue weighted by Crippen LogP contribution is -2.35. The summed E-state index contributed by atoms with van der Waals surface area (Å²) in [5, 5.41) is 0. The Balaban J connectivity index is 2.43. The summed E-state index contributed by atoms with van der Waals surface area (Å²) in [7, 11) is 0. The number of hydrogen-bond donors (Lipinski definition) is 2. The Morgan fingerprint density at radius 3 is 2.93 bits per heavy atom. The Hall–Kier alpha value is -1.69. The summed E-state index contributed by atoms with van der Waals surface area (Å²) in [5.41, 5.74) is 6.26. The molecule has 1 rings (SSSR count). The first-order chi connectivity index (χ1) is 7.13. The van der Waals surface area contributed by atoms with Crippen LogP contribution < -0.4 is 5.73 Å². The van der Waals surface area contributed by atoms with Gasteiger partial charge in [-0.1, -0.05) is 6.92 Å². The number of aromatic amines is 1. The summed E-state index contributed by atoms with van der Waals surface area (Å²) >= 11 is 0. The SMILES string of the molecule is CCC(=O)OC(=O)[C@@H](N)Cc1cnc[nH]1. The summed E-state index contributed by atoms with van der Waals surface area (Å²) in [5.74, 6) is -1.28. The van der Waals surface area contributed by atoms with E-state index >= 15 is 0 Å². The van der Waals surface area contributed by atoms with Gasteiger partial charge in [-0.3, -0.25) is 4.79 Å². The summed E-state index contributed by atoms with van der Waals surface area (Å²) in [6.07, 6.45) is 3.48. The van der Waals surface area contributed by atoms with Gasteiger partial charge in [0.25, 0.3) is 0 Å². The van der Waals surface area contributed by atoms with Gasteiger partial charge < -0.3 is 15.5 Å². The van der Waals surface area contributed by atoms with E-state index in [1.54, 1.807) is 13.1 Å². The molecule has 1 atom stereocenters. The first kappa shape index (κ1) is 11.4. The monoisotopic (exact) mass is 211 g/mol. The van der Waals surface area contributed by atoms with Gasteiger partial charge in [-0.2, -0.15) is 0 Å². The molecule has 6 heteroatoms. The minimum absolute atomic E-state index is 0.155. The van der Waals surface area contributed by atoms with Gasteiger partial charge in [0.2, 0.25) is 0 Å². The fourth-order valence-corrected chi connectivity index (χ4v) is 0.977. The van der Waals surface area contributed by atoms with Gasteiger partial charge in [-0.15, -0.1) is 0 Å². The standard InChI is InChI=1S/C9H13N3O3/c1-2-8(13)15-9(14)7(10)3-6-4-11-5-12-6/h4-5,7H,2-3,10H2,1H3,(H,11,12)/t7-/m0/s1. The molecule has 82 valence electrons. The van der Waals surface area contributed by atoms with Crippen LogP contribution in [0.5, 0.6) is 0 Å². The number of carbonyl (C=O) groups is 2. The summed E-state index contributed by atoms with van der Waals surface area (Å²) in [6, 6.07) is -0.846. The van der Waals surface area contributed by atoms with Crippen LogP contribution in [0, 0.1) is 0 Å². The van der Waals surface area contributed by atoms with Crippen LogP contribution in [0.4, 0.5) is 0 Å². The second-order valence-corrected chi connectivity index (χ2v) is 3.03. The molecule has 0 aliphatic rings. The number of aromatic nitrogens is 2. The van der Waals surface area contributed by atoms with Crippen molar-refractivity contribution >= 4 is 11.9 Å². The fraction of sp³-hybridized carbons (Fsp3) is 0.444. The Labute approximate surface area is 86.8 Å². The molecule has 0 unspecified atom stereocenters. The number of nitrogens with two attached hydrogens (primary N) is 1. The van der Waals surface area contributed by atoms with Crippen LogP contribution >= 0.6 is 0 Å². The molecule has 1 heterocycles. The normalized spacial score (nSPS) is 12.1. The van der Waals surface area contributed by atoms with Gasteiger partial charge in [0, 0.05) is 24.7 Å². The van der Waals surface area contributed by atoms with Crippen LogP contribution in [-0.4, -0.2) is 27.9 Å². The van der Waals surface area contributed by atoms with Crippen molar-refractivity contribution in [3.8, 4) is 0 Å². The molecule has 0 amide bonds. The van der Waals surface area contributed by atoms with E-state index in [-0.39, 0.29) is 12.8 Å². The van der Waals surface area contributed by atoms with Crippen molar-refractivity contribution in [3.05, 3.63) is 18.2 Å². The molecular formula is C9H13N3O3. The highest BCUT2D eigenvalue weighted by Crippen LogP contribution is 1.99. The fourth-order valence-electron chi connectivity index (χ4n) is 0.977. The van der Waals surface area contributed by atoms with Crippen molar-refractivity contribution in [3.63, 3.8) is 0 Å². The molecule has 0 aliphatic carbocycles. The number of ether oxygens (including phenoxy) is 1. The maximum Gasteiger partial charge on any atom is 0.330 e. The first-order valence-electron chi connectivity index (χ1n) is 4.60. The van der Waals surface area contributed by atoms with Crippen molar-refractivity contribution in [2.75, 3.05) is 0 Å². The molecule has 0 aromatic carbocycles. The Morgan fingerprint density at radius 1 is 1.67 bits per heavy atom. The highest BCUT2D eigenvalue weighted by Gasteiger charge is 2.18. The molecule has 0 saturated carbocycles. The molecule has 0 saturated heterocycles. The van der Waals surface area contributed by atoms with Crippen molar-refractivity contribution in [1.29, 1.82) is 0 Å². The Kier molecular flexibility index (Phi) is 3.99. The van der Waals surface area contributed by atoms with E-state index in [2.05, 4.69) is 14.7 Å². The zero-order valence-electron chi connectivity index (χ0n) is 8.40. The third-order valence-electron chi connectivity index (χ3n) is 1.80. The topological polar surface area (TPSA) is 98.1 Å². The van der Waals surface area contributed by atoms with Crippen LogP contribution in [0.1, 0.15) is 19.0 Å². The van der Waals surface area contributed by atoms with E-state index in [4.69, 9.17) is 5.73 Å². The zero-order valence-corrected chi connectivity index (χ0v) is 8.40. The van der Waals surface area contributed by atoms with Crippen molar-refractivity contribution < 1.29 is 14.3 Å². The van der Waals surface area contributed by atoms with E-state index in [9.17, 15) is 9.59 Å². The molecule has 0 spiro atoms. The maximum atomic E-state index is 11.2. The quantitative estimate of drug-likeness (QED) is 0.529. The third kappa shape index (κ3) is 3.51. The van der Waals surface area contributed by atoms with E-state index < -0.39 is 18.0 Å². The number of nitrogens with zero attached hydrogens (tertiary/aromatic N) is 1. The minimum Gasteiger partial charge on any atom is -0.392 e. The number of nitrogens with one attached hydrogen (secondary N) is 1. The highest BCUT2D eigenvalue weighted by atomic mass is 16.6. The minimum atomic E-state index is -0.846. The summed E-state index contributed by atoms with van der Waals surface area (Å²) in [6.45, 7) is 1.61. The first-order valence-corrected chi connectivity index (χ1v) is 4.60. The van der Waals surface area contributed by atoms with Crippen LogP contribution in [0.15, 0.2) is 12.5 Å². The zero-order chi connectivity index (χ0) is 11.3. The molecule has 0 bridgehead atoms. The second kappa shape index (κ2) is 5.26. The smallest absolute Gasteiger partial charge is 0.330 e. The third-order valence-corrected chi connectivity index (χ3v) is 1.80. The molecule has 0 fully saturated rings. The molecular weight excluding hydrogens is 198 g/mol. The van der Waals surface area contributed by atoms with Crippen LogP contribution in [-0.2, 0) is 20.7 Å². The lowest BCUT2D eigenvalue weighted by molar-refractivity contribution is -0.160. The van der Waals surface area contributed by atoms with Gasteiger partial charge in [0.05, 0.1) is 6.33 Å². The number of H-pyrrole nitrogens is 1. The van der Waals surface area contributed by atoms with Gasteiger partial charge in [0.15, 0.2) is 0 Å². The molecule has 0 aliphatic heterocycles. The Bertz CT molecular complexity index is 334. The number of esters is 2. The van der Waals surface area contributed by atoms with E-state index in [1.165, 1.54) is 6.33 Å². The molecule has 0 radical (unpaired) electrons. The van der Waals surface area contributed by atoms with E-state index in [0.29, 0.717) is 0 Å². The molecule has 1 aromatic heterocycles. The van der Waals surface area contributed by atoms with E-state index in [0.717, 1.165) is 5.69 Å². The number of imidazole rings is 1. The number of carbonyl (C=O) groups excluding carboxylic acids is 2. The van der Waals surface area contributed by atoms with Crippen molar-refractivity contribution in [2.24, 2.45) is 5.73 Å². The number of rotatable bonds is 4. The predicted octanol–water partition coefficient (Wildman–Crippen LogP) is -0.241. The lowest BCUT2D eigenvalue weighted by atomic mass is 10.2. The summed E-state index contributed by atoms with van der Waals surface area (Å²) in [4.78, 5) is 28.6. The van der Waals surface area contributed by atoms with Gasteiger partial charge >= 0.3 is 11.9 Å². The predicted molar refractivity (Wildman–Crippen MR) is 51.7 cm³/mol. The van der Waals surface area contributed by atoms with Crippen molar-refractivity contribution in [1.82, 2.24) is 9.97 Å². The van der Waals surface area contributed by atoms with Gasteiger partial charge in [0.1, 0.15) is 6.04 Å².